The summed E-state index contributed by atoms with van der Waals surface area (Å²) in [4.78, 5) is 39.2. The summed E-state index contributed by atoms with van der Waals surface area (Å²) in [5.41, 5.74) is 2.16. The molecular weight excluding hydrogens is 372 g/mol. The highest BCUT2D eigenvalue weighted by atomic mass is 16.6. The van der Waals surface area contributed by atoms with Crippen molar-refractivity contribution in [3.63, 3.8) is 0 Å². The highest BCUT2D eigenvalue weighted by Crippen LogP contribution is 2.31. The second-order valence-electron chi connectivity index (χ2n) is 6.91. The molecule has 0 saturated carbocycles. The van der Waals surface area contributed by atoms with Crippen LogP contribution >= 0.6 is 0 Å². The lowest BCUT2D eigenvalue weighted by Gasteiger charge is -2.18. The second kappa shape index (κ2) is 7.79. The van der Waals surface area contributed by atoms with Gasteiger partial charge in [-0.2, -0.15) is 0 Å². The van der Waals surface area contributed by atoms with Crippen molar-refractivity contribution in [2.45, 2.75) is 19.8 Å². The van der Waals surface area contributed by atoms with Gasteiger partial charge in [-0.15, -0.1) is 0 Å². The van der Waals surface area contributed by atoms with Crippen molar-refractivity contribution >= 4 is 28.3 Å². The van der Waals surface area contributed by atoms with Crippen LogP contribution in [0, 0.1) is 6.92 Å². The van der Waals surface area contributed by atoms with Crippen LogP contribution in [0.4, 0.5) is 5.69 Å². The third-order valence-electron chi connectivity index (χ3n) is 4.76. The quantitative estimate of drug-likeness (QED) is 0.650. The summed E-state index contributed by atoms with van der Waals surface area (Å²) in [5, 5.41) is 3.65. The molecule has 0 unspecified atom stereocenters. The molecule has 2 aromatic carbocycles. The Labute approximate surface area is 166 Å². The summed E-state index contributed by atoms with van der Waals surface area (Å²) in [7, 11) is 0. The third-order valence-corrected chi connectivity index (χ3v) is 4.76. The van der Waals surface area contributed by atoms with Gasteiger partial charge in [-0.1, -0.05) is 6.07 Å². The van der Waals surface area contributed by atoms with E-state index in [1.165, 1.54) is 0 Å². The van der Waals surface area contributed by atoms with Crippen molar-refractivity contribution in [3.8, 4) is 11.5 Å². The van der Waals surface area contributed by atoms with E-state index in [1.807, 2.05) is 6.07 Å². The van der Waals surface area contributed by atoms with Crippen LogP contribution in [0.2, 0.25) is 0 Å². The molecule has 1 aromatic heterocycles. The summed E-state index contributed by atoms with van der Waals surface area (Å²) in [5.74, 6) is 0.752. The summed E-state index contributed by atoms with van der Waals surface area (Å²) in [6.07, 6.45) is 0.130. The smallest absolute Gasteiger partial charge is 0.251 e. The molecular formula is C22H20N2O5. The molecule has 0 saturated heterocycles. The number of fused-ring (bicyclic) bond motifs is 2. The number of hydrogen-bond donors (Lipinski definition) is 2. The van der Waals surface area contributed by atoms with Crippen molar-refractivity contribution in [1.82, 2.24) is 4.98 Å². The van der Waals surface area contributed by atoms with Crippen molar-refractivity contribution in [2.24, 2.45) is 0 Å². The zero-order chi connectivity index (χ0) is 20.4. The molecule has 148 valence electrons. The fourth-order valence-electron chi connectivity index (χ4n) is 3.20. The van der Waals surface area contributed by atoms with Crippen LogP contribution in [-0.4, -0.2) is 29.9 Å². The number of amides is 1. The highest BCUT2D eigenvalue weighted by molar-refractivity contribution is 6.00. The van der Waals surface area contributed by atoms with E-state index in [1.54, 1.807) is 43.3 Å². The van der Waals surface area contributed by atoms with Crippen molar-refractivity contribution < 1.29 is 19.1 Å². The molecule has 0 atom stereocenters. The van der Waals surface area contributed by atoms with Crippen LogP contribution in [0.15, 0.2) is 47.3 Å². The molecule has 3 aromatic rings. The summed E-state index contributed by atoms with van der Waals surface area (Å²) >= 11 is 0. The van der Waals surface area contributed by atoms with E-state index in [-0.39, 0.29) is 30.1 Å². The molecule has 2 heterocycles. The van der Waals surface area contributed by atoms with Crippen molar-refractivity contribution in [3.05, 3.63) is 63.9 Å². The van der Waals surface area contributed by atoms with Crippen LogP contribution in [0.3, 0.4) is 0 Å². The first-order valence-corrected chi connectivity index (χ1v) is 9.36. The lowest BCUT2D eigenvalue weighted by molar-refractivity contribution is -0.116. The molecule has 7 nitrogen and oxygen atoms in total. The van der Waals surface area contributed by atoms with E-state index in [2.05, 4.69) is 10.3 Å². The first kappa shape index (κ1) is 18.7. The van der Waals surface area contributed by atoms with Crippen molar-refractivity contribution in [1.29, 1.82) is 0 Å². The Kier molecular flexibility index (Phi) is 5.03. The lowest BCUT2D eigenvalue weighted by atomic mass is 10.1. The number of H-pyrrole nitrogens is 1. The number of pyridine rings is 1. The lowest BCUT2D eigenvalue weighted by Crippen LogP contribution is -2.16. The highest BCUT2D eigenvalue weighted by Gasteiger charge is 2.16. The maximum atomic E-state index is 12.4. The monoisotopic (exact) mass is 392 g/mol. The maximum absolute atomic E-state index is 12.4. The number of aryl methyl sites for hydroxylation is 1. The zero-order valence-electron chi connectivity index (χ0n) is 15.9. The van der Waals surface area contributed by atoms with Gasteiger partial charge in [0.05, 0.1) is 5.52 Å². The number of Topliss-reactive ketones (excluding diaryl/α,β-unsaturated/α-hetero) is 1. The maximum Gasteiger partial charge on any atom is 0.251 e. The number of carbonyl (C=O) groups is 2. The molecule has 1 aliphatic heterocycles. The average Bonchev–Trinajstić information content (AvgIpc) is 2.72. The topological polar surface area (TPSA) is 97.5 Å². The van der Waals surface area contributed by atoms with Gasteiger partial charge in [0, 0.05) is 29.7 Å². The van der Waals surface area contributed by atoms with Gasteiger partial charge in [-0.05, 0) is 48.7 Å². The van der Waals surface area contributed by atoms with E-state index in [0.29, 0.717) is 47.0 Å². The molecule has 0 aliphatic carbocycles. The van der Waals surface area contributed by atoms with Gasteiger partial charge in [0.25, 0.3) is 5.56 Å². The van der Waals surface area contributed by atoms with Gasteiger partial charge in [0.15, 0.2) is 17.3 Å². The molecule has 0 radical (unpaired) electrons. The van der Waals surface area contributed by atoms with E-state index < -0.39 is 0 Å². The number of rotatable bonds is 5. The minimum absolute atomic E-state index is 0.0513. The Balaban J connectivity index is 1.38. The Morgan fingerprint density at radius 3 is 2.62 bits per heavy atom. The molecule has 4 rings (SSSR count). The zero-order valence-corrected chi connectivity index (χ0v) is 15.9. The number of aromatic nitrogens is 1. The first-order valence-electron chi connectivity index (χ1n) is 9.36. The molecule has 29 heavy (non-hydrogen) atoms. The van der Waals surface area contributed by atoms with Gasteiger partial charge in [-0.3, -0.25) is 14.4 Å². The molecule has 0 fully saturated rings. The normalized spacial score (nSPS) is 12.6. The number of ether oxygens (including phenoxy) is 2. The third kappa shape index (κ3) is 4.13. The van der Waals surface area contributed by atoms with Gasteiger partial charge in [-0.25, -0.2) is 0 Å². The van der Waals surface area contributed by atoms with Crippen LogP contribution in [0.25, 0.3) is 10.9 Å². The van der Waals surface area contributed by atoms with E-state index in [0.717, 1.165) is 5.39 Å². The van der Waals surface area contributed by atoms with Gasteiger partial charge >= 0.3 is 0 Å². The fourth-order valence-corrected chi connectivity index (χ4v) is 3.20. The molecule has 1 aliphatic rings. The number of ketones is 1. The first-order chi connectivity index (χ1) is 14.0. The molecule has 0 bridgehead atoms. The Bertz CT molecular complexity index is 1170. The summed E-state index contributed by atoms with van der Waals surface area (Å²) in [6.45, 7) is 2.68. The van der Waals surface area contributed by atoms with Crippen LogP contribution in [0.1, 0.15) is 28.8 Å². The minimum Gasteiger partial charge on any atom is -0.486 e. The van der Waals surface area contributed by atoms with E-state index >= 15 is 0 Å². The van der Waals surface area contributed by atoms with E-state index in [9.17, 15) is 14.4 Å². The Morgan fingerprint density at radius 2 is 1.79 bits per heavy atom. The standard InChI is InChI=1S/C22H20N2O5/c1-13-10-14-2-4-16(12-17(14)24-22(13)27)23-21(26)7-5-18(25)15-3-6-19-20(11-15)29-9-8-28-19/h2-4,6,10-12H,5,7-9H2,1H3,(H,23,26)(H,24,27). The average molecular weight is 392 g/mol. The molecule has 2 N–H and O–H groups in total. The van der Waals surface area contributed by atoms with Crippen LogP contribution < -0.4 is 20.3 Å². The number of anilines is 1. The molecule has 7 heteroatoms. The number of nitrogens with one attached hydrogen (secondary N) is 2. The Hall–Kier alpha value is -3.61. The predicted molar refractivity (Wildman–Crippen MR) is 109 cm³/mol. The summed E-state index contributed by atoms with van der Waals surface area (Å²) in [6, 6.07) is 12.1. The minimum atomic E-state index is -0.273. The largest absolute Gasteiger partial charge is 0.486 e. The number of aromatic amines is 1. The predicted octanol–water partition coefficient (Wildman–Crippen LogP) is 3.21. The number of hydrogen-bond acceptors (Lipinski definition) is 5. The molecule has 1 amide bonds. The SMILES string of the molecule is Cc1cc2ccc(NC(=O)CCC(=O)c3ccc4c(c3)OCCO4)cc2[nH]c1=O. The van der Waals surface area contributed by atoms with Crippen LogP contribution in [-0.2, 0) is 4.79 Å². The van der Waals surface area contributed by atoms with Gasteiger partial charge in [0.1, 0.15) is 13.2 Å². The van der Waals surface area contributed by atoms with Gasteiger partial charge in [0.2, 0.25) is 5.91 Å². The second-order valence-corrected chi connectivity index (χ2v) is 6.91. The van der Waals surface area contributed by atoms with Crippen LogP contribution in [0.5, 0.6) is 11.5 Å². The Morgan fingerprint density at radius 1 is 1.00 bits per heavy atom. The summed E-state index contributed by atoms with van der Waals surface area (Å²) < 4.78 is 10.9. The van der Waals surface area contributed by atoms with Crippen molar-refractivity contribution in [2.75, 3.05) is 18.5 Å². The van der Waals surface area contributed by atoms with Gasteiger partial charge < -0.3 is 19.8 Å². The fraction of sp³-hybridized carbons (Fsp3) is 0.227. The molecule has 0 spiro atoms. The van der Waals surface area contributed by atoms with E-state index in [4.69, 9.17) is 9.47 Å². The number of benzene rings is 2. The number of carbonyl (C=O) groups excluding carboxylic acids is 2.